The summed E-state index contributed by atoms with van der Waals surface area (Å²) in [6.07, 6.45) is 5.01. The first-order valence-corrected chi connectivity index (χ1v) is 12.3. The zero-order valence-electron chi connectivity index (χ0n) is 18.9. The third-order valence-electron chi connectivity index (χ3n) is 5.89. The maximum Gasteiger partial charge on any atom is 0.221 e. The van der Waals surface area contributed by atoms with Crippen molar-refractivity contribution in [2.24, 2.45) is 0 Å². The van der Waals surface area contributed by atoms with E-state index in [2.05, 4.69) is 39.6 Å². The van der Waals surface area contributed by atoms with Crippen LogP contribution in [0.2, 0.25) is 0 Å². The van der Waals surface area contributed by atoms with Crippen LogP contribution in [0.3, 0.4) is 0 Å². The summed E-state index contributed by atoms with van der Waals surface area (Å²) in [5, 5.41) is 4.04. The fourth-order valence-corrected chi connectivity index (χ4v) is 4.65. The van der Waals surface area contributed by atoms with Gasteiger partial charge in [0.1, 0.15) is 5.75 Å². The zero-order chi connectivity index (χ0) is 22.5. The molecular formula is C26H29N3O2S. The molecule has 1 aliphatic heterocycles. The third-order valence-corrected chi connectivity index (χ3v) is 6.44. The predicted octanol–water partition coefficient (Wildman–Crippen LogP) is 4.98. The lowest BCUT2D eigenvalue weighted by atomic mass is 9.94. The maximum atomic E-state index is 13.0. The van der Waals surface area contributed by atoms with E-state index < -0.39 is 0 Å². The number of aromatic nitrogens is 2. The van der Waals surface area contributed by atoms with Crippen LogP contribution in [0.25, 0.3) is 0 Å². The Morgan fingerprint density at radius 1 is 1.09 bits per heavy atom. The number of carbonyl (C=O) groups is 1. The molecule has 6 heteroatoms. The van der Waals surface area contributed by atoms with E-state index in [0.717, 1.165) is 58.4 Å². The van der Waals surface area contributed by atoms with Crippen LogP contribution in [0.15, 0.2) is 53.7 Å². The van der Waals surface area contributed by atoms with Crippen LogP contribution < -0.4 is 10.1 Å². The molecule has 1 aliphatic rings. The van der Waals surface area contributed by atoms with Gasteiger partial charge in [-0.05, 0) is 73.8 Å². The highest BCUT2D eigenvalue weighted by Gasteiger charge is 2.20. The van der Waals surface area contributed by atoms with E-state index in [1.807, 2.05) is 44.4 Å². The summed E-state index contributed by atoms with van der Waals surface area (Å²) >= 11 is 1.53. The van der Waals surface area contributed by atoms with Crippen LogP contribution in [-0.2, 0) is 17.6 Å². The largest absolute Gasteiger partial charge is 0.493 e. The third kappa shape index (κ3) is 5.13. The van der Waals surface area contributed by atoms with E-state index in [1.165, 1.54) is 17.3 Å². The fraction of sp³-hybridized carbons (Fsp3) is 0.346. The molecule has 0 aliphatic carbocycles. The number of hydrogen-bond donors (Lipinski definition) is 1. The van der Waals surface area contributed by atoms with Gasteiger partial charge in [0.2, 0.25) is 5.91 Å². The lowest BCUT2D eigenvalue weighted by Crippen LogP contribution is -2.30. The van der Waals surface area contributed by atoms with Crippen molar-refractivity contribution in [1.82, 2.24) is 15.3 Å². The molecule has 0 spiro atoms. The second-order valence-electron chi connectivity index (χ2n) is 8.09. The Kier molecular flexibility index (Phi) is 7.10. The standard InChI is InChI=1S/C26H29N3O2S/c1-17-22(18(2)28-26(27-17)32-3)12-14-24(30)29-25(19-8-5-4-6-9-19)21-11-13-23-20(16-21)10-7-15-31-23/h4-6,8-9,11,13,16,25H,7,10,12,14-15H2,1-3H3,(H,29,30). The second-order valence-corrected chi connectivity index (χ2v) is 8.86. The van der Waals surface area contributed by atoms with Crippen molar-refractivity contribution in [2.45, 2.75) is 50.7 Å². The van der Waals surface area contributed by atoms with Gasteiger partial charge in [-0.2, -0.15) is 0 Å². The van der Waals surface area contributed by atoms with Gasteiger partial charge in [0.05, 0.1) is 12.6 Å². The van der Waals surface area contributed by atoms with Crippen LogP contribution in [0.5, 0.6) is 5.75 Å². The van der Waals surface area contributed by atoms with Crippen molar-refractivity contribution in [3.05, 3.63) is 82.2 Å². The first-order valence-electron chi connectivity index (χ1n) is 11.0. The molecule has 32 heavy (non-hydrogen) atoms. The molecule has 1 atom stereocenters. The molecule has 1 amide bonds. The van der Waals surface area contributed by atoms with Crippen LogP contribution >= 0.6 is 11.8 Å². The minimum atomic E-state index is -0.201. The molecule has 2 aromatic carbocycles. The summed E-state index contributed by atoms with van der Waals surface area (Å²) in [6, 6.07) is 16.2. The molecule has 0 saturated heterocycles. The number of benzene rings is 2. The first-order chi connectivity index (χ1) is 15.5. The zero-order valence-corrected chi connectivity index (χ0v) is 19.7. The first kappa shape index (κ1) is 22.3. The minimum absolute atomic E-state index is 0.0144. The molecule has 1 unspecified atom stereocenters. The van der Waals surface area contributed by atoms with Crippen LogP contribution in [0.4, 0.5) is 0 Å². The normalized spacial score (nSPS) is 13.7. The van der Waals surface area contributed by atoms with Gasteiger partial charge in [0.25, 0.3) is 0 Å². The van der Waals surface area contributed by atoms with Gasteiger partial charge in [-0.1, -0.05) is 48.2 Å². The summed E-state index contributed by atoms with van der Waals surface area (Å²) in [6.45, 7) is 4.75. The highest BCUT2D eigenvalue weighted by Crippen LogP contribution is 2.30. The summed E-state index contributed by atoms with van der Waals surface area (Å²) in [5.41, 5.74) is 6.31. The summed E-state index contributed by atoms with van der Waals surface area (Å²) in [5.74, 6) is 0.971. The highest BCUT2D eigenvalue weighted by molar-refractivity contribution is 7.98. The average Bonchev–Trinajstić information content (AvgIpc) is 2.82. The van der Waals surface area contributed by atoms with Gasteiger partial charge in [0, 0.05) is 17.8 Å². The molecule has 1 N–H and O–H groups in total. The van der Waals surface area contributed by atoms with Crippen LogP contribution in [-0.4, -0.2) is 28.7 Å². The average molecular weight is 448 g/mol. The lowest BCUT2D eigenvalue weighted by molar-refractivity contribution is -0.121. The maximum absolute atomic E-state index is 13.0. The predicted molar refractivity (Wildman–Crippen MR) is 128 cm³/mol. The van der Waals surface area contributed by atoms with Gasteiger partial charge in [-0.15, -0.1) is 0 Å². The van der Waals surface area contributed by atoms with Crippen molar-refractivity contribution >= 4 is 17.7 Å². The Morgan fingerprint density at radius 2 is 1.84 bits per heavy atom. The van der Waals surface area contributed by atoms with Gasteiger partial charge in [-0.3, -0.25) is 4.79 Å². The van der Waals surface area contributed by atoms with E-state index >= 15 is 0 Å². The fourth-order valence-electron chi connectivity index (χ4n) is 4.20. The van der Waals surface area contributed by atoms with Crippen molar-refractivity contribution in [1.29, 1.82) is 0 Å². The van der Waals surface area contributed by atoms with Gasteiger partial charge >= 0.3 is 0 Å². The smallest absolute Gasteiger partial charge is 0.221 e. The van der Waals surface area contributed by atoms with Gasteiger partial charge in [-0.25, -0.2) is 9.97 Å². The molecule has 5 nitrogen and oxygen atoms in total. The topological polar surface area (TPSA) is 64.1 Å². The molecule has 2 heterocycles. The van der Waals surface area contributed by atoms with Crippen molar-refractivity contribution in [3.8, 4) is 5.75 Å². The molecule has 0 bridgehead atoms. The molecule has 0 radical (unpaired) electrons. The quantitative estimate of drug-likeness (QED) is 0.409. The number of aryl methyl sites for hydroxylation is 3. The number of amides is 1. The Morgan fingerprint density at radius 3 is 2.56 bits per heavy atom. The Balaban J connectivity index is 1.53. The van der Waals surface area contributed by atoms with Crippen molar-refractivity contribution in [2.75, 3.05) is 12.9 Å². The molecule has 166 valence electrons. The number of thioether (sulfide) groups is 1. The van der Waals surface area contributed by atoms with E-state index in [1.54, 1.807) is 0 Å². The van der Waals surface area contributed by atoms with Gasteiger partial charge < -0.3 is 10.1 Å². The van der Waals surface area contributed by atoms with E-state index in [0.29, 0.717) is 12.8 Å². The van der Waals surface area contributed by atoms with Crippen LogP contribution in [0.1, 0.15) is 52.5 Å². The molecule has 3 aromatic rings. The lowest BCUT2D eigenvalue weighted by Gasteiger charge is -2.23. The number of nitrogens with one attached hydrogen (secondary N) is 1. The molecular weight excluding hydrogens is 418 g/mol. The summed E-state index contributed by atoms with van der Waals surface area (Å²) < 4.78 is 5.77. The molecule has 4 rings (SSSR count). The molecule has 0 saturated carbocycles. The Hall–Kier alpha value is -2.86. The number of rotatable bonds is 7. The Bertz CT molecular complexity index is 1080. The van der Waals surface area contributed by atoms with E-state index in [-0.39, 0.29) is 11.9 Å². The molecule has 1 aromatic heterocycles. The molecule has 0 fully saturated rings. The summed E-state index contributed by atoms with van der Waals surface area (Å²) in [4.78, 5) is 22.1. The highest BCUT2D eigenvalue weighted by atomic mass is 32.2. The second kappa shape index (κ2) is 10.2. The minimum Gasteiger partial charge on any atom is -0.493 e. The number of ether oxygens (including phenoxy) is 1. The number of nitrogens with zero attached hydrogens (tertiary/aromatic N) is 2. The SMILES string of the molecule is CSc1nc(C)c(CCC(=O)NC(c2ccccc2)c2ccc3c(c2)CCCO3)c(C)n1. The van der Waals surface area contributed by atoms with Crippen molar-refractivity contribution in [3.63, 3.8) is 0 Å². The number of fused-ring (bicyclic) bond motifs is 1. The van der Waals surface area contributed by atoms with Crippen LogP contribution in [0, 0.1) is 13.8 Å². The van der Waals surface area contributed by atoms with E-state index in [9.17, 15) is 4.79 Å². The number of carbonyl (C=O) groups excluding carboxylic acids is 1. The van der Waals surface area contributed by atoms with Gasteiger partial charge in [0.15, 0.2) is 5.16 Å². The monoisotopic (exact) mass is 447 g/mol. The number of hydrogen-bond acceptors (Lipinski definition) is 5. The van der Waals surface area contributed by atoms with E-state index in [4.69, 9.17) is 4.74 Å². The van der Waals surface area contributed by atoms with Crippen molar-refractivity contribution < 1.29 is 9.53 Å². The summed E-state index contributed by atoms with van der Waals surface area (Å²) in [7, 11) is 0. The Labute approximate surface area is 194 Å².